The van der Waals surface area contributed by atoms with Crippen molar-refractivity contribution in [2.24, 2.45) is 5.73 Å². The second-order valence-electron chi connectivity index (χ2n) is 3.83. The Morgan fingerprint density at radius 3 is 2.23 bits per heavy atom. The van der Waals surface area contributed by atoms with Gasteiger partial charge in [0.1, 0.15) is 5.72 Å². The molecule has 0 amide bonds. The van der Waals surface area contributed by atoms with Gasteiger partial charge in [0.25, 0.3) is 0 Å². The third kappa shape index (κ3) is 6.02. The van der Waals surface area contributed by atoms with Crippen LogP contribution in [0.1, 0.15) is 52.4 Å². The standard InChI is InChI=1S/C10H23NO2/c1-3-4-5-6-7-8-10(11,13)9(2)12/h9,12-13H,3-8,11H2,1-2H3. The Bertz CT molecular complexity index is 124. The molecule has 0 aliphatic heterocycles. The first-order chi connectivity index (χ1) is 6.00. The lowest BCUT2D eigenvalue weighted by atomic mass is 10.0. The molecule has 2 atom stereocenters. The molecule has 0 saturated carbocycles. The van der Waals surface area contributed by atoms with Gasteiger partial charge in [-0.15, -0.1) is 0 Å². The topological polar surface area (TPSA) is 66.5 Å². The van der Waals surface area contributed by atoms with Crippen molar-refractivity contribution in [3.63, 3.8) is 0 Å². The zero-order chi connectivity index (χ0) is 10.3. The number of hydrogen-bond donors (Lipinski definition) is 3. The highest BCUT2D eigenvalue weighted by molar-refractivity contribution is 4.76. The summed E-state index contributed by atoms with van der Waals surface area (Å²) in [6.07, 6.45) is 5.23. The molecule has 0 aromatic heterocycles. The Balaban J connectivity index is 3.41. The summed E-state index contributed by atoms with van der Waals surface area (Å²) in [6, 6.07) is 0. The summed E-state index contributed by atoms with van der Waals surface area (Å²) in [6.45, 7) is 3.68. The van der Waals surface area contributed by atoms with Gasteiger partial charge in [0.2, 0.25) is 0 Å². The van der Waals surface area contributed by atoms with Crippen LogP contribution in [0, 0.1) is 0 Å². The maximum absolute atomic E-state index is 9.48. The summed E-state index contributed by atoms with van der Waals surface area (Å²) in [5.74, 6) is 0. The van der Waals surface area contributed by atoms with Gasteiger partial charge in [0.05, 0.1) is 6.10 Å². The Morgan fingerprint density at radius 1 is 1.23 bits per heavy atom. The zero-order valence-electron chi connectivity index (χ0n) is 8.79. The van der Waals surface area contributed by atoms with E-state index in [0.29, 0.717) is 6.42 Å². The minimum atomic E-state index is -1.40. The SMILES string of the molecule is CCCCCCCC(N)(O)C(C)O. The molecule has 0 rings (SSSR count). The van der Waals surface area contributed by atoms with Crippen LogP contribution in [0.4, 0.5) is 0 Å². The van der Waals surface area contributed by atoms with E-state index < -0.39 is 11.8 Å². The van der Waals surface area contributed by atoms with Crippen molar-refractivity contribution < 1.29 is 10.2 Å². The molecule has 0 radical (unpaired) electrons. The second-order valence-corrected chi connectivity index (χ2v) is 3.83. The molecular formula is C10H23NO2. The molecule has 2 unspecified atom stereocenters. The van der Waals surface area contributed by atoms with E-state index >= 15 is 0 Å². The van der Waals surface area contributed by atoms with Crippen LogP contribution in [0.15, 0.2) is 0 Å². The van der Waals surface area contributed by atoms with Crippen LogP contribution < -0.4 is 5.73 Å². The molecule has 80 valence electrons. The molecule has 3 heteroatoms. The lowest BCUT2D eigenvalue weighted by Gasteiger charge is -2.26. The molecule has 0 aliphatic carbocycles. The van der Waals surface area contributed by atoms with Crippen LogP contribution >= 0.6 is 0 Å². The Hall–Kier alpha value is -0.120. The minimum Gasteiger partial charge on any atom is -0.389 e. The molecule has 0 fully saturated rings. The van der Waals surface area contributed by atoms with Crippen LogP contribution in [0.5, 0.6) is 0 Å². The fourth-order valence-corrected chi connectivity index (χ4v) is 1.22. The Kier molecular flexibility index (Phi) is 6.29. The van der Waals surface area contributed by atoms with E-state index in [1.807, 2.05) is 0 Å². The van der Waals surface area contributed by atoms with Crippen LogP contribution in [-0.4, -0.2) is 22.0 Å². The van der Waals surface area contributed by atoms with Gasteiger partial charge >= 0.3 is 0 Å². The number of rotatable bonds is 7. The number of hydrogen-bond acceptors (Lipinski definition) is 3. The summed E-state index contributed by atoms with van der Waals surface area (Å²) in [7, 11) is 0. The van der Waals surface area contributed by atoms with Crippen LogP contribution in [0.3, 0.4) is 0 Å². The Morgan fingerprint density at radius 2 is 1.77 bits per heavy atom. The minimum absolute atomic E-state index is 0.481. The maximum Gasteiger partial charge on any atom is 0.139 e. The summed E-state index contributed by atoms with van der Waals surface area (Å²) >= 11 is 0. The van der Waals surface area contributed by atoms with Crippen molar-refractivity contribution in [3.05, 3.63) is 0 Å². The maximum atomic E-state index is 9.48. The molecule has 0 bridgehead atoms. The molecular weight excluding hydrogens is 166 g/mol. The fourth-order valence-electron chi connectivity index (χ4n) is 1.22. The van der Waals surface area contributed by atoms with Crippen molar-refractivity contribution in [2.45, 2.75) is 64.2 Å². The second kappa shape index (κ2) is 6.35. The summed E-state index contributed by atoms with van der Waals surface area (Å²) < 4.78 is 0. The highest BCUT2D eigenvalue weighted by Gasteiger charge is 2.26. The van der Waals surface area contributed by atoms with Gasteiger partial charge in [-0.1, -0.05) is 32.6 Å². The smallest absolute Gasteiger partial charge is 0.139 e. The normalized spacial score (nSPS) is 18.2. The van der Waals surface area contributed by atoms with E-state index in [4.69, 9.17) is 10.8 Å². The van der Waals surface area contributed by atoms with Crippen molar-refractivity contribution in [1.82, 2.24) is 0 Å². The van der Waals surface area contributed by atoms with E-state index in [1.165, 1.54) is 26.2 Å². The van der Waals surface area contributed by atoms with E-state index in [2.05, 4.69) is 6.92 Å². The number of aliphatic hydroxyl groups is 2. The molecule has 0 saturated heterocycles. The van der Waals surface area contributed by atoms with E-state index in [-0.39, 0.29) is 0 Å². The highest BCUT2D eigenvalue weighted by Crippen LogP contribution is 2.14. The third-order valence-corrected chi connectivity index (χ3v) is 2.40. The van der Waals surface area contributed by atoms with E-state index in [0.717, 1.165) is 12.8 Å². The molecule has 0 aromatic carbocycles. The van der Waals surface area contributed by atoms with Crippen LogP contribution in [-0.2, 0) is 0 Å². The molecule has 4 N–H and O–H groups in total. The quantitative estimate of drug-likeness (QED) is 0.418. The van der Waals surface area contributed by atoms with Crippen molar-refractivity contribution in [1.29, 1.82) is 0 Å². The zero-order valence-corrected chi connectivity index (χ0v) is 8.79. The Labute approximate surface area is 81.0 Å². The first kappa shape index (κ1) is 12.9. The molecule has 0 aromatic rings. The average molecular weight is 189 g/mol. The average Bonchev–Trinajstić information content (AvgIpc) is 2.03. The largest absolute Gasteiger partial charge is 0.389 e. The fraction of sp³-hybridized carbons (Fsp3) is 1.00. The van der Waals surface area contributed by atoms with E-state index in [1.54, 1.807) is 0 Å². The van der Waals surface area contributed by atoms with E-state index in [9.17, 15) is 5.11 Å². The third-order valence-electron chi connectivity index (χ3n) is 2.40. The number of aliphatic hydroxyl groups excluding tert-OH is 1. The molecule has 13 heavy (non-hydrogen) atoms. The molecule has 0 spiro atoms. The highest BCUT2D eigenvalue weighted by atomic mass is 16.4. The molecule has 3 nitrogen and oxygen atoms in total. The number of nitrogens with two attached hydrogens (primary N) is 1. The van der Waals surface area contributed by atoms with Gasteiger partial charge < -0.3 is 15.9 Å². The van der Waals surface area contributed by atoms with Gasteiger partial charge in [-0.05, 0) is 19.8 Å². The number of unbranched alkanes of at least 4 members (excludes halogenated alkanes) is 4. The van der Waals surface area contributed by atoms with Crippen molar-refractivity contribution in [3.8, 4) is 0 Å². The predicted molar refractivity (Wildman–Crippen MR) is 54.2 cm³/mol. The van der Waals surface area contributed by atoms with Crippen LogP contribution in [0.25, 0.3) is 0 Å². The summed E-state index contributed by atoms with van der Waals surface area (Å²) in [5, 5.41) is 18.6. The lowest BCUT2D eigenvalue weighted by molar-refractivity contribution is -0.0683. The first-order valence-electron chi connectivity index (χ1n) is 5.20. The van der Waals surface area contributed by atoms with Gasteiger partial charge in [-0.2, -0.15) is 0 Å². The lowest BCUT2D eigenvalue weighted by Crippen LogP contribution is -2.49. The summed E-state index contributed by atoms with van der Waals surface area (Å²) in [5.41, 5.74) is 4.08. The van der Waals surface area contributed by atoms with Gasteiger partial charge in [0, 0.05) is 0 Å². The monoisotopic (exact) mass is 189 g/mol. The van der Waals surface area contributed by atoms with Gasteiger partial charge in [0.15, 0.2) is 0 Å². The van der Waals surface area contributed by atoms with Gasteiger partial charge in [-0.25, -0.2) is 0 Å². The predicted octanol–water partition coefficient (Wildman–Crippen LogP) is 1.38. The van der Waals surface area contributed by atoms with Gasteiger partial charge in [-0.3, -0.25) is 0 Å². The van der Waals surface area contributed by atoms with Crippen LogP contribution in [0.2, 0.25) is 0 Å². The molecule has 0 aliphatic rings. The first-order valence-corrected chi connectivity index (χ1v) is 5.20. The van der Waals surface area contributed by atoms with Crippen molar-refractivity contribution >= 4 is 0 Å². The van der Waals surface area contributed by atoms with Crippen molar-refractivity contribution in [2.75, 3.05) is 0 Å². The summed E-state index contributed by atoms with van der Waals surface area (Å²) in [4.78, 5) is 0. The molecule has 0 heterocycles.